The number of carbonyl (C=O) groups is 1. The summed E-state index contributed by atoms with van der Waals surface area (Å²) in [5.74, 6) is 0.00830. The number of nitro groups is 1. The van der Waals surface area contributed by atoms with Gasteiger partial charge in [0.1, 0.15) is 5.56 Å². The van der Waals surface area contributed by atoms with Crippen molar-refractivity contribution in [3.05, 3.63) is 39.4 Å². The van der Waals surface area contributed by atoms with Crippen molar-refractivity contribution in [1.82, 2.24) is 4.90 Å². The molecule has 1 amide bonds. The maximum absolute atomic E-state index is 12.5. The Morgan fingerprint density at radius 2 is 2.15 bits per heavy atom. The zero-order valence-corrected chi connectivity index (χ0v) is 11.7. The Morgan fingerprint density at radius 1 is 1.45 bits per heavy atom. The lowest BCUT2D eigenvalue weighted by Crippen LogP contribution is -2.48. The van der Waals surface area contributed by atoms with Crippen LogP contribution in [-0.2, 0) is 0 Å². The lowest BCUT2D eigenvalue weighted by molar-refractivity contribution is -0.385. The molecule has 0 saturated carbocycles. The lowest BCUT2D eigenvalue weighted by Gasteiger charge is -2.34. The van der Waals surface area contributed by atoms with Crippen molar-refractivity contribution >= 4 is 11.6 Å². The Kier molecular flexibility index (Phi) is 4.04. The summed E-state index contributed by atoms with van der Waals surface area (Å²) in [5, 5.41) is 11.1. The number of rotatable bonds is 2. The van der Waals surface area contributed by atoms with Crippen LogP contribution < -0.4 is 5.73 Å². The molecule has 6 heteroatoms. The molecule has 1 aromatic carbocycles. The van der Waals surface area contributed by atoms with E-state index in [1.807, 2.05) is 13.8 Å². The van der Waals surface area contributed by atoms with Crippen LogP contribution in [0.2, 0.25) is 0 Å². The highest BCUT2D eigenvalue weighted by atomic mass is 16.6. The third-order valence-corrected chi connectivity index (χ3v) is 3.56. The van der Waals surface area contributed by atoms with E-state index in [1.54, 1.807) is 17.0 Å². The molecule has 20 heavy (non-hydrogen) atoms. The molecule has 1 saturated heterocycles. The number of nitrogens with zero attached hydrogens (tertiary/aromatic N) is 2. The van der Waals surface area contributed by atoms with Crippen molar-refractivity contribution in [3.63, 3.8) is 0 Å². The summed E-state index contributed by atoms with van der Waals surface area (Å²) in [4.78, 5) is 24.7. The Morgan fingerprint density at radius 3 is 2.75 bits per heavy atom. The van der Waals surface area contributed by atoms with E-state index >= 15 is 0 Å². The average molecular weight is 277 g/mol. The largest absolute Gasteiger partial charge is 0.337 e. The summed E-state index contributed by atoms with van der Waals surface area (Å²) in [7, 11) is 0. The average Bonchev–Trinajstić information content (AvgIpc) is 2.36. The number of hydrogen-bond donors (Lipinski definition) is 1. The molecule has 1 aliphatic rings. The van der Waals surface area contributed by atoms with Crippen LogP contribution in [0, 0.1) is 23.0 Å². The van der Waals surface area contributed by atoms with Crippen molar-refractivity contribution in [2.45, 2.75) is 26.3 Å². The molecule has 0 aliphatic carbocycles. The standard InChI is InChI=1S/C14H19N3O3/c1-9-3-4-13(17(19)20)12(6-9)14(18)16-7-10(2)5-11(15)8-16/h3-4,6,10-11H,5,7-8,15H2,1-2H3. The molecule has 6 nitrogen and oxygen atoms in total. The molecule has 1 heterocycles. The summed E-state index contributed by atoms with van der Waals surface area (Å²) < 4.78 is 0. The van der Waals surface area contributed by atoms with E-state index in [0.717, 1.165) is 12.0 Å². The zero-order chi connectivity index (χ0) is 14.9. The van der Waals surface area contributed by atoms with Crippen molar-refractivity contribution in [2.24, 2.45) is 11.7 Å². The molecule has 108 valence electrons. The van der Waals surface area contributed by atoms with Gasteiger partial charge in [-0.2, -0.15) is 0 Å². The van der Waals surface area contributed by atoms with E-state index in [1.165, 1.54) is 6.07 Å². The zero-order valence-electron chi connectivity index (χ0n) is 11.7. The normalized spacial score (nSPS) is 22.6. The Balaban J connectivity index is 2.33. The van der Waals surface area contributed by atoms with E-state index in [0.29, 0.717) is 19.0 Å². The molecule has 2 N–H and O–H groups in total. The number of piperidine rings is 1. The van der Waals surface area contributed by atoms with Crippen LogP contribution in [0.3, 0.4) is 0 Å². The summed E-state index contributed by atoms with van der Waals surface area (Å²) in [5.41, 5.74) is 6.76. The van der Waals surface area contributed by atoms with E-state index in [2.05, 4.69) is 0 Å². The summed E-state index contributed by atoms with van der Waals surface area (Å²) in [6, 6.07) is 4.53. The maximum atomic E-state index is 12.5. The SMILES string of the molecule is Cc1ccc([N+](=O)[O-])c(C(=O)N2CC(C)CC(N)C2)c1. The van der Waals surface area contributed by atoms with Gasteiger partial charge < -0.3 is 10.6 Å². The van der Waals surface area contributed by atoms with E-state index in [9.17, 15) is 14.9 Å². The number of nitrogens with two attached hydrogens (primary N) is 1. The lowest BCUT2D eigenvalue weighted by atomic mass is 9.95. The summed E-state index contributed by atoms with van der Waals surface area (Å²) in [6.07, 6.45) is 0.875. The topological polar surface area (TPSA) is 89.5 Å². The molecule has 0 spiro atoms. The Bertz CT molecular complexity index is 534. The van der Waals surface area contributed by atoms with Gasteiger partial charge in [-0.1, -0.05) is 13.0 Å². The minimum absolute atomic E-state index is 0.0634. The Labute approximate surface area is 117 Å². The fourth-order valence-electron chi connectivity index (χ4n) is 2.72. The van der Waals surface area contributed by atoms with Crippen LogP contribution in [0.25, 0.3) is 0 Å². The molecule has 2 atom stereocenters. The number of amides is 1. The van der Waals surface area contributed by atoms with Crippen LogP contribution >= 0.6 is 0 Å². The van der Waals surface area contributed by atoms with Gasteiger partial charge in [0, 0.05) is 25.2 Å². The molecule has 1 aliphatic heterocycles. The number of benzene rings is 1. The molecule has 0 bridgehead atoms. The number of hydrogen-bond acceptors (Lipinski definition) is 4. The summed E-state index contributed by atoms with van der Waals surface area (Å²) >= 11 is 0. The maximum Gasteiger partial charge on any atom is 0.282 e. The fraction of sp³-hybridized carbons (Fsp3) is 0.500. The second-order valence-electron chi connectivity index (χ2n) is 5.59. The third kappa shape index (κ3) is 2.96. The van der Waals surface area contributed by atoms with Crippen LogP contribution in [0.5, 0.6) is 0 Å². The summed E-state index contributed by atoms with van der Waals surface area (Å²) in [6.45, 7) is 4.89. The molecule has 1 fully saturated rings. The Hall–Kier alpha value is -1.95. The van der Waals surface area contributed by atoms with Gasteiger partial charge in [-0.05, 0) is 30.9 Å². The van der Waals surface area contributed by atoms with Crippen LogP contribution in [0.4, 0.5) is 5.69 Å². The molecule has 2 unspecified atom stereocenters. The molecule has 0 radical (unpaired) electrons. The van der Waals surface area contributed by atoms with Crippen molar-refractivity contribution in [3.8, 4) is 0 Å². The van der Waals surface area contributed by atoms with E-state index in [-0.39, 0.29) is 23.2 Å². The highest BCUT2D eigenvalue weighted by Gasteiger charge is 2.30. The van der Waals surface area contributed by atoms with Gasteiger partial charge in [0.05, 0.1) is 4.92 Å². The van der Waals surface area contributed by atoms with Gasteiger partial charge in [0.15, 0.2) is 0 Å². The highest BCUT2D eigenvalue weighted by molar-refractivity contribution is 5.98. The second kappa shape index (κ2) is 5.58. The van der Waals surface area contributed by atoms with E-state index in [4.69, 9.17) is 5.73 Å². The number of likely N-dealkylation sites (tertiary alicyclic amines) is 1. The first-order chi connectivity index (χ1) is 9.38. The molecule has 0 aromatic heterocycles. The second-order valence-corrected chi connectivity index (χ2v) is 5.59. The number of carbonyl (C=O) groups excluding carboxylic acids is 1. The predicted octanol–water partition coefficient (Wildman–Crippen LogP) is 1.71. The van der Waals surface area contributed by atoms with Gasteiger partial charge in [-0.15, -0.1) is 0 Å². The van der Waals surface area contributed by atoms with Gasteiger partial charge in [-0.3, -0.25) is 14.9 Å². The van der Waals surface area contributed by atoms with Gasteiger partial charge in [0.25, 0.3) is 11.6 Å². The van der Waals surface area contributed by atoms with Crippen molar-refractivity contribution in [1.29, 1.82) is 0 Å². The van der Waals surface area contributed by atoms with Crippen molar-refractivity contribution in [2.75, 3.05) is 13.1 Å². The predicted molar refractivity (Wildman–Crippen MR) is 75.5 cm³/mol. The van der Waals surface area contributed by atoms with Gasteiger partial charge >= 0.3 is 0 Å². The van der Waals surface area contributed by atoms with Crippen LogP contribution in [-0.4, -0.2) is 34.9 Å². The van der Waals surface area contributed by atoms with Crippen LogP contribution in [0.1, 0.15) is 29.3 Å². The quantitative estimate of drug-likeness (QED) is 0.658. The first-order valence-corrected chi connectivity index (χ1v) is 6.68. The molecular formula is C14H19N3O3. The minimum Gasteiger partial charge on any atom is -0.337 e. The fourth-order valence-corrected chi connectivity index (χ4v) is 2.72. The smallest absolute Gasteiger partial charge is 0.282 e. The number of aryl methyl sites for hydroxylation is 1. The van der Waals surface area contributed by atoms with E-state index < -0.39 is 4.92 Å². The third-order valence-electron chi connectivity index (χ3n) is 3.56. The minimum atomic E-state index is -0.514. The first kappa shape index (κ1) is 14.5. The molecule has 1 aromatic rings. The monoisotopic (exact) mass is 277 g/mol. The van der Waals surface area contributed by atoms with Gasteiger partial charge in [0.2, 0.25) is 0 Å². The van der Waals surface area contributed by atoms with Crippen molar-refractivity contribution < 1.29 is 9.72 Å². The van der Waals surface area contributed by atoms with Gasteiger partial charge in [-0.25, -0.2) is 0 Å². The highest BCUT2D eigenvalue weighted by Crippen LogP contribution is 2.24. The van der Waals surface area contributed by atoms with Crippen LogP contribution in [0.15, 0.2) is 18.2 Å². The molecular weight excluding hydrogens is 258 g/mol. The molecule has 2 rings (SSSR count). The first-order valence-electron chi connectivity index (χ1n) is 6.68. The number of nitro benzene ring substituents is 1.